The first-order chi connectivity index (χ1) is 13.1. The van der Waals surface area contributed by atoms with Crippen LogP contribution in [0, 0.1) is 12.7 Å². The monoisotopic (exact) mass is 401 g/mol. The maximum absolute atomic E-state index is 13.9. The van der Waals surface area contributed by atoms with Gasteiger partial charge in [-0.2, -0.15) is 0 Å². The van der Waals surface area contributed by atoms with Crippen LogP contribution >= 0.6 is 22.7 Å². The highest BCUT2D eigenvalue weighted by Crippen LogP contribution is 2.33. The molecule has 0 atom stereocenters. The molecule has 0 bridgehead atoms. The second kappa shape index (κ2) is 7.78. The zero-order valence-corrected chi connectivity index (χ0v) is 16.6. The molecule has 0 unspecified atom stereocenters. The molecule has 1 aliphatic heterocycles. The Bertz CT molecular complexity index is 946. The minimum atomic E-state index is -0.355. The third-order valence-electron chi connectivity index (χ3n) is 4.64. The van der Waals surface area contributed by atoms with E-state index in [1.165, 1.54) is 29.9 Å². The Kier molecular flexibility index (Phi) is 5.22. The van der Waals surface area contributed by atoms with Crippen LogP contribution in [0.1, 0.15) is 34.6 Å². The fraction of sp³-hybridized carbons (Fsp3) is 0.300. The molecule has 1 saturated heterocycles. The quantitative estimate of drug-likeness (QED) is 0.622. The van der Waals surface area contributed by atoms with Crippen molar-refractivity contribution in [2.75, 3.05) is 23.3 Å². The topological polar surface area (TPSA) is 45.2 Å². The third kappa shape index (κ3) is 3.89. The first kappa shape index (κ1) is 18.1. The summed E-state index contributed by atoms with van der Waals surface area (Å²) in [6, 6.07) is 8.57. The summed E-state index contributed by atoms with van der Waals surface area (Å²) in [6.07, 6.45) is 3.44. The van der Waals surface area contributed by atoms with Gasteiger partial charge in [0.05, 0.1) is 21.9 Å². The van der Waals surface area contributed by atoms with E-state index in [0.717, 1.165) is 41.5 Å². The van der Waals surface area contributed by atoms with Gasteiger partial charge in [0.1, 0.15) is 15.7 Å². The standard InChI is InChI=1S/C20H20FN3OS2/c1-13-18(27-20(22-13)17-6-5-11-26-17)19(25)23-15-12-14(21)7-8-16(15)24-9-3-2-4-10-24/h5-8,11-12H,2-4,9-10H2,1H3,(H,23,25). The van der Waals surface area contributed by atoms with Gasteiger partial charge in [-0.3, -0.25) is 4.79 Å². The average Bonchev–Trinajstić information content (AvgIpc) is 3.32. The number of thiophene rings is 1. The lowest BCUT2D eigenvalue weighted by Gasteiger charge is -2.30. The van der Waals surface area contributed by atoms with Crippen molar-refractivity contribution in [1.82, 2.24) is 4.98 Å². The number of nitrogens with one attached hydrogen (secondary N) is 1. The highest BCUT2D eigenvalue weighted by atomic mass is 32.1. The summed E-state index contributed by atoms with van der Waals surface area (Å²) in [5, 5.41) is 5.74. The minimum Gasteiger partial charge on any atom is -0.370 e. The maximum atomic E-state index is 13.9. The number of halogens is 1. The zero-order valence-electron chi connectivity index (χ0n) is 15.0. The van der Waals surface area contributed by atoms with Crippen molar-refractivity contribution in [2.45, 2.75) is 26.2 Å². The Morgan fingerprint density at radius 1 is 1.22 bits per heavy atom. The number of aromatic nitrogens is 1. The van der Waals surface area contributed by atoms with Crippen LogP contribution in [0.3, 0.4) is 0 Å². The predicted molar refractivity (Wildman–Crippen MR) is 111 cm³/mol. The molecule has 0 spiro atoms. The van der Waals surface area contributed by atoms with E-state index in [0.29, 0.717) is 16.3 Å². The molecule has 3 heterocycles. The van der Waals surface area contributed by atoms with E-state index in [1.54, 1.807) is 17.4 Å². The largest absolute Gasteiger partial charge is 0.370 e. The molecule has 1 N–H and O–H groups in total. The number of carbonyl (C=O) groups excluding carboxylic acids is 1. The normalized spacial score (nSPS) is 14.4. The van der Waals surface area contributed by atoms with E-state index in [9.17, 15) is 9.18 Å². The summed E-state index contributed by atoms with van der Waals surface area (Å²) in [7, 11) is 0. The number of rotatable bonds is 4. The van der Waals surface area contributed by atoms with E-state index in [-0.39, 0.29) is 11.7 Å². The number of hydrogen-bond acceptors (Lipinski definition) is 5. The van der Waals surface area contributed by atoms with Crippen molar-refractivity contribution in [3.8, 4) is 9.88 Å². The summed E-state index contributed by atoms with van der Waals surface area (Å²) in [5.74, 6) is -0.594. The van der Waals surface area contributed by atoms with Crippen LogP contribution in [0.25, 0.3) is 9.88 Å². The first-order valence-corrected chi connectivity index (χ1v) is 10.7. The molecule has 27 heavy (non-hydrogen) atoms. The molecule has 1 aliphatic rings. The second-order valence-electron chi connectivity index (χ2n) is 6.57. The van der Waals surface area contributed by atoms with Gasteiger partial charge in [0.15, 0.2) is 0 Å². The molecular formula is C20H20FN3OS2. The van der Waals surface area contributed by atoms with E-state index < -0.39 is 0 Å². The Labute approximate surface area is 165 Å². The first-order valence-electron chi connectivity index (χ1n) is 8.99. The highest BCUT2D eigenvalue weighted by molar-refractivity contribution is 7.22. The average molecular weight is 402 g/mol. The lowest BCUT2D eigenvalue weighted by molar-refractivity contribution is 0.103. The van der Waals surface area contributed by atoms with Crippen LogP contribution in [0.5, 0.6) is 0 Å². The molecule has 0 aliphatic carbocycles. The predicted octanol–water partition coefficient (Wildman–Crippen LogP) is 5.56. The van der Waals surface area contributed by atoms with Crippen LogP contribution in [0.15, 0.2) is 35.7 Å². The van der Waals surface area contributed by atoms with Gasteiger partial charge in [0, 0.05) is 13.1 Å². The van der Waals surface area contributed by atoms with Gasteiger partial charge >= 0.3 is 0 Å². The van der Waals surface area contributed by atoms with Crippen molar-refractivity contribution in [1.29, 1.82) is 0 Å². The number of thiazole rings is 1. The minimum absolute atomic E-state index is 0.239. The summed E-state index contributed by atoms with van der Waals surface area (Å²) >= 11 is 2.97. The molecule has 3 aromatic rings. The van der Waals surface area contributed by atoms with Gasteiger partial charge in [0.25, 0.3) is 5.91 Å². The van der Waals surface area contributed by atoms with E-state index in [4.69, 9.17) is 0 Å². The Morgan fingerprint density at radius 2 is 2.04 bits per heavy atom. The van der Waals surface area contributed by atoms with Gasteiger partial charge in [-0.15, -0.1) is 22.7 Å². The Morgan fingerprint density at radius 3 is 2.78 bits per heavy atom. The van der Waals surface area contributed by atoms with Gasteiger partial charge < -0.3 is 10.2 Å². The summed E-state index contributed by atoms with van der Waals surface area (Å²) < 4.78 is 13.9. The molecule has 1 amide bonds. The van der Waals surface area contributed by atoms with Crippen LogP contribution in [-0.2, 0) is 0 Å². The zero-order chi connectivity index (χ0) is 18.8. The molecule has 7 heteroatoms. The van der Waals surface area contributed by atoms with Gasteiger partial charge in [0.2, 0.25) is 0 Å². The number of anilines is 2. The molecule has 2 aromatic heterocycles. The summed E-state index contributed by atoms with van der Waals surface area (Å²) in [6.45, 7) is 3.69. The van der Waals surface area contributed by atoms with E-state index in [2.05, 4.69) is 15.2 Å². The number of carbonyl (C=O) groups is 1. The van der Waals surface area contributed by atoms with E-state index >= 15 is 0 Å². The molecule has 0 saturated carbocycles. The van der Waals surface area contributed by atoms with Crippen LogP contribution < -0.4 is 10.2 Å². The number of benzene rings is 1. The van der Waals surface area contributed by atoms with Crippen molar-refractivity contribution in [2.24, 2.45) is 0 Å². The Balaban J connectivity index is 1.60. The lowest BCUT2D eigenvalue weighted by Crippen LogP contribution is -2.30. The number of aryl methyl sites for hydroxylation is 1. The summed E-state index contributed by atoms with van der Waals surface area (Å²) in [4.78, 5) is 21.2. The van der Waals surface area contributed by atoms with Crippen molar-refractivity contribution < 1.29 is 9.18 Å². The second-order valence-corrected chi connectivity index (χ2v) is 8.52. The summed E-state index contributed by atoms with van der Waals surface area (Å²) in [5.41, 5.74) is 2.09. The molecule has 140 valence electrons. The van der Waals surface area contributed by atoms with Crippen LogP contribution in [-0.4, -0.2) is 24.0 Å². The Hall–Kier alpha value is -2.25. The SMILES string of the molecule is Cc1nc(-c2cccs2)sc1C(=O)Nc1cc(F)ccc1N1CCCCC1. The molecular weight excluding hydrogens is 381 g/mol. The smallest absolute Gasteiger partial charge is 0.267 e. The highest BCUT2D eigenvalue weighted by Gasteiger charge is 2.20. The fourth-order valence-corrected chi connectivity index (χ4v) is 5.07. The number of amides is 1. The number of piperidine rings is 1. The third-order valence-corrected chi connectivity index (χ3v) is 6.83. The van der Waals surface area contributed by atoms with Crippen molar-refractivity contribution in [3.63, 3.8) is 0 Å². The van der Waals surface area contributed by atoms with Crippen molar-refractivity contribution >= 4 is 40.0 Å². The van der Waals surface area contributed by atoms with Crippen molar-refractivity contribution in [3.05, 3.63) is 52.1 Å². The van der Waals surface area contributed by atoms with E-state index in [1.807, 2.05) is 24.4 Å². The molecule has 4 nitrogen and oxygen atoms in total. The van der Waals surface area contributed by atoms with Gasteiger partial charge in [-0.25, -0.2) is 9.37 Å². The number of nitrogens with zero attached hydrogens (tertiary/aromatic N) is 2. The molecule has 1 aromatic carbocycles. The van der Waals surface area contributed by atoms with Crippen LogP contribution in [0.4, 0.5) is 15.8 Å². The fourth-order valence-electron chi connectivity index (χ4n) is 3.31. The number of hydrogen-bond donors (Lipinski definition) is 1. The molecule has 4 rings (SSSR count). The molecule has 1 fully saturated rings. The van der Waals surface area contributed by atoms with Gasteiger partial charge in [-0.1, -0.05) is 6.07 Å². The molecule has 0 radical (unpaired) electrons. The maximum Gasteiger partial charge on any atom is 0.267 e. The van der Waals surface area contributed by atoms with Crippen LogP contribution in [0.2, 0.25) is 0 Å². The van der Waals surface area contributed by atoms with Gasteiger partial charge in [-0.05, 0) is 55.8 Å². The lowest BCUT2D eigenvalue weighted by atomic mass is 10.1.